The Balaban J connectivity index is 3.34. The first-order chi connectivity index (χ1) is 23.7. The molecule has 0 aliphatic carbocycles. The third-order valence-electron chi connectivity index (χ3n) is 9.65. The lowest BCUT2D eigenvalue weighted by molar-refractivity contribution is -0.123. The fourth-order valence-corrected chi connectivity index (χ4v) is 6.37. The molecule has 0 radical (unpaired) electrons. The minimum atomic E-state index is -0.653. The summed E-state index contributed by atoms with van der Waals surface area (Å²) < 4.78 is 0. The third-order valence-corrected chi connectivity index (χ3v) is 9.65. The Hall–Kier alpha value is -1.39. The van der Waals surface area contributed by atoms with Crippen molar-refractivity contribution in [3.8, 4) is 0 Å². The van der Waals surface area contributed by atoms with Crippen LogP contribution in [0.2, 0.25) is 0 Å². The number of rotatable bonds is 38. The van der Waals surface area contributed by atoms with Crippen LogP contribution in [0.5, 0.6) is 0 Å². The van der Waals surface area contributed by atoms with Crippen LogP contribution in [0.4, 0.5) is 0 Å². The molecule has 2 atom stereocenters. The highest BCUT2D eigenvalue weighted by atomic mass is 16.3. The highest BCUT2D eigenvalue weighted by molar-refractivity contribution is 5.76. The number of carbonyl (C=O) groups excluding carboxylic acids is 1. The smallest absolute Gasteiger partial charge is 0.220 e. The molecule has 282 valence electrons. The van der Waals surface area contributed by atoms with Crippen molar-refractivity contribution in [1.29, 1.82) is 0 Å². The lowest BCUT2D eigenvalue weighted by Crippen LogP contribution is -2.45. The first kappa shape index (κ1) is 46.6. The number of aliphatic hydroxyl groups excluding tert-OH is 2. The molecular formula is C44H83NO3. The van der Waals surface area contributed by atoms with E-state index in [0.717, 1.165) is 44.9 Å². The maximum absolute atomic E-state index is 12.2. The Morgan fingerprint density at radius 2 is 0.854 bits per heavy atom. The molecule has 0 heterocycles. The minimum absolute atomic E-state index is 0.0424. The quantitative estimate of drug-likeness (QED) is 0.0451. The number of hydrogen-bond donors (Lipinski definition) is 3. The number of hydrogen-bond acceptors (Lipinski definition) is 3. The van der Waals surface area contributed by atoms with Crippen LogP contribution in [0.1, 0.15) is 219 Å². The summed E-state index contributed by atoms with van der Waals surface area (Å²) in [6.07, 6.45) is 53.0. The van der Waals surface area contributed by atoms with Crippen molar-refractivity contribution < 1.29 is 15.0 Å². The Morgan fingerprint density at radius 1 is 0.500 bits per heavy atom. The molecule has 0 spiro atoms. The van der Waals surface area contributed by atoms with Crippen LogP contribution < -0.4 is 5.32 Å². The summed E-state index contributed by atoms with van der Waals surface area (Å²) >= 11 is 0. The van der Waals surface area contributed by atoms with Crippen molar-refractivity contribution in [2.45, 2.75) is 231 Å². The molecule has 0 aliphatic rings. The summed E-state index contributed by atoms with van der Waals surface area (Å²) in [5, 5.41) is 22.5. The van der Waals surface area contributed by atoms with Gasteiger partial charge >= 0.3 is 0 Å². The molecule has 0 aromatic carbocycles. The van der Waals surface area contributed by atoms with E-state index in [1.807, 2.05) is 0 Å². The summed E-state index contributed by atoms with van der Waals surface area (Å²) in [5.41, 5.74) is 0. The molecule has 0 fully saturated rings. The Kier molecular flexibility index (Phi) is 38.9. The van der Waals surface area contributed by atoms with Gasteiger partial charge in [-0.1, -0.05) is 198 Å². The van der Waals surface area contributed by atoms with E-state index in [1.54, 1.807) is 0 Å². The van der Waals surface area contributed by atoms with Crippen LogP contribution in [0.15, 0.2) is 36.5 Å². The van der Waals surface area contributed by atoms with Crippen LogP contribution in [0.25, 0.3) is 0 Å². The van der Waals surface area contributed by atoms with Crippen molar-refractivity contribution >= 4 is 5.91 Å². The zero-order chi connectivity index (χ0) is 35.0. The monoisotopic (exact) mass is 674 g/mol. The maximum Gasteiger partial charge on any atom is 0.220 e. The number of carbonyl (C=O) groups is 1. The summed E-state index contributed by atoms with van der Waals surface area (Å²) in [7, 11) is 0. The number of nitrogens with one attached hydrogen (secondary N) is 1. The molecule has 1 amide bonds. The van der Waals surface area contributed by atoms with E-state index in [9.17, 15) is 15.0 Å². The van der Waals surface area contributed by atoms with Gasteiger partial charge in [0.15, 0.2) is 0 Å². The number of aliphatic hydroxyl groups is 2. The van der Waals surface area contributed by atoms with Gasteiger partial charge in [-0.3, -0.25) is 4.79 Å². The molecule has 0 aliphatic heterocycles. The minimum Gasteiger partial charge on any atom is -0.394 e. The summed E-state index contributed by atoms with van der Waals surface area (Å²) in [4.78, 5) is 12.2. The van der Waals surface area contributed by atoms with Crippen LogP contribution in [-0.4, -0.2) is 34.9 Å². The number of amides is 1. The van der Waals surface area contributed by atoms with Gasteiger partial charge in [-0.25, -0.2) is 0 Å². The van der Waals surface area contributed by atoms with Crippen molar-refractivity contribution in [3.05, 3.63) is 36.5 Å². The van der Waals surface area contributed by atoms with Crippen molar-refractivity contribution in [2.75, 3.05) is 6.61 Å². The van der Waals surface area contributed by atoms with Gasteiger partial charge in [-0.15, -0.1) is 0 Å². The van der Waals surface area contributed by atoms with E-state index in [0.29, 0.717) is 12.8 Å². The molecule has 48 heavy (non-hydrogen) atoms. The lowest BCUT2D eigenvalue weighted by Gasteiger charge is -2.22. The fourth-order valence-electron chi connectivity index (χ4n) is 6.37. The molecule has 2 unspecified atom stereocenters. The van der Waals surface area contributed by atoms with Crippen molar-refractivity contribution in [2.24, 2.45) is 0 Å². The molecular weight excluding hydrogens is 590 g/mol. The second-order valence-corrected chi connectivity index (χ2v) is 14.4. The molecule has 4 nitrogen and oxygen atoms in total. The largest absolute Gasteiger partial charge is 0.394 e. The second-order valence-electron chi connectivity index (χ2n) is 14.4. The number of unbranched alkanes of at least 4 members (excludes halogenated alkanes) is 25. The summed E-state index contributed by atoms with van der Waals surface area (Å²) in [6.45, 7) is 4.20. The van der Waals surface area contributed by atoms with Crippen LogP contribution in [-0.2, 0) is 4.79 Å². The molecule has 0 saturated heterocycles. The molecule has 0 bridgehead atoms. The number of allylic oxidation sites excluding steroid dienone is 6. The zero-order valence-corrected chi connectivity index (χ0v) is 32.3. The van der Waals surface area contributed by atoms with Crippen LogP contribution in [0, 0.1) is 0 Å². The predicted octanol–water partition coefficient (Wildman–Crippen LogP) is 13.0. The van der Waals surface area contributed by atoms with Crippen LogP contribution in [0.3, 0.4) is 0 Å². The van der Waals surface area contributed by atoms with Crippen molar-refractivity contribution in [3.63, 3.8) is 0 Å². The van der Waals surface area contributed by atoms with Gasteiger partial charge in [0.2, 0.25) is 5.91 Å². The third kappa shape index (κ3) is 35.9. The zero-order valence-electron chi connectivity index (χ0n) is 32.3. The molecule has 0 aromatic heterocycles. The van der Waals surface area contributed by atoms with E-state index in [2.05, 4.69) is 55.6 Å². The average Bonchev–Trinajstić information content (AvgIpc) is 3.09. The summed E-state index contributed by atoms with van der Waals surface area (Å²) in [5.74, 6) is -0.0424. The normalized spacial score (nSPS) is 13.3. The Morgan fingerprint density at radius 3 is 1.27 bits per heavy atom. The fraction of sp³-hybridized carbons (Fsp3) is 0.841. The maximum atomic E-state index is 12.2. The highest BCUT2D eigenvalue weighted by Crippen LogP contribution is 2.15. The SMILES string of the molecule is CCCCCCC/C=C\C/C=C\C/C=C\CCCCCCCCCCCCCCCCCCCCC(=O)NC(CO)C(O)CCCCC. The van der Waals surface area contributed by atoms with Gasteiger partial charge in [-0.2, -0.15) is 0 Å². The van der Waals surface area contributed by atoms with Gasteiger partial charge in [0.05, 0.1) is 18.8 Å². The average molecular weight is 674 g/mol. The van der Waals surface area contributed by atoms with Gasteiger partial charge in [0, 0.05) is 6.42 Å². The van der Waals surface area contributed by atoms with Gasteiger partial charge < -0.3 is 15.5 Å². The van der Waals surface area contributed by atoms with Gasteiger partial charge in [0.1, 0.15) is 0 Å². The second kappa shape index (κ2) is 40.0. The van der Waals surface area contributed by atoms with Crippen molar-refractivity contribution in [1.82, 2.24) is 5.32 Å². The standard InChI is InChI=1S/C44H83NO3/c1-3-5-7-8-9-10-11-12-13-14-15-16-17-18-19-20-21-22-23-24-25-26-27-28-29-30-31-32-33-34-35-36-38-40-44(48)45-42(41-46)43(47)39-37-6-4-2/h11-12,14-15,17-18,42-43,46-47H,3-10,13,16,19-41H2,1-2H3,(H,45,48)/b12-11-,15-14-,18-17-. The topological polar surface area (TPSA) is 69.6 Å². The predicted molar refractivity (Wildman–Crippen MR) is 212 cm³/mol. The van der Waals surface area contributed by atoms with E-state index >= 15 is 0 Å². The van der Waals surface area contributed by atoms with E-state index in [1.165, 1.54) is 148 Å². The van der Waals surface area contributed by atoms with Gasteiger partial charge in [-0.05, 0) is 51.4 Å². The molecule has 0 aromatic rings. The Bertz CT molecular complexity index is 731. The van der Waals surface area contributed by atoms with Crippen LogP contribution >= 0.6 is 0 Å². The summed E-state index contributed by atoms with van der Waals surface area (Å²) in [6, 6.07) is -0.529. The first-order valence-electron chi connectivity index (χ1n) is 21.2. The van der Waals surface area contributed by atoms with E-state index < -0.39 is 12.1 Å². The molecule has 3 N–H and O–H groups in total. The Labute approximate surface area is 300 Å². The highest BCUT2D eigenvalue weighted by Gasteiger charge is 2.19. The lowest BCUT2D eigenvalue weighted by atomic mass is 10.0. The molecule has 0 rings (SSSR count). The van der Waals surface area contributed by atoms with E-state index in [-0.39, 0.29) is 12.5 Å². The molecule has 4 heteroatoms. The molecule has 0 saturated carbocycles. The van der Waals surface area contributed by atoms with E-state index in [4.69, 9.17) is 0 Å². The van der Waals surface area contributed by atoms with Gasteiger partial charge in [0.25, 0.3) is 0 Å². The first-order valence-corrected chi connectivity index (χ1v) is 21.2.